The molecular formula is C34H46N4O2. The van der Waals surface area contributed by atoms with Crippen molar-refractivity contribution in [3.8, 4) is 0 Å². The van der Waals surface area contributed by atoms with Gasteiger partial charge in [-0.25, -0.2) is 0 Å². The summed E-state index contributed by atoms with van der Waals surface area (Å²) in [5.74, 6) is 0.737. The van der Waals surface area contributed by atoms with Gasteiger partial charge in [0.1, 0.15) is 6.04 Å². The Balaban J connectivity index is 1.25. The molecule has 214 valence electrons. The van der Waals surface area contributed by atoms with E-state index in [1.54, 1.807) is 0 Å². The van der Waals surface area contributed by atoms with Gasteiger partial charge in [0.25, 0.3) is 0 Å². The predicted octanol–water partition coefficient (Wildman–Crippen LogP) is 5.69. The predicted molar refractivity (Wildman–Crippen MR) is 161 cm³/mol. The van der Waals surface area contributed by atoms with Crippen LogP contribution < -0.4 is 0 Å². The van der Waals surface area contributed by atoms with Crippen LogP contribution in [0.4, 0.5) is 0 Å². The third-order valence-corrected chi connectivity index (χ3v) is 9.23. The zero-order chi connectivity index (χ0) is 28.1. The molecule has 2 fully saturated rings. The molecule has 3 atom stereocenters. The van der Waals surface area contributed by atoms with Crippen LogP contribution in [0.3, 0.4) is 0 Å². The van der Waals surface area contributed by atoms with E-state index in [4.69, 9.17) is 5.10 Å². The lowest BCUT2D eigenvalue weighted by molar-refractivity contribution is -0.144. The maximum absolute atomic E-state index is 12.2. The van der Waals surface area contributed by atoms with Gasteiger partial charge >= 0.3 is 5.97 Å². The number of carbonyl (C=O) groups is 1. The van der Waals surface area contributed by atoms with Crippen molar-refractivity contribution in [3.63, 3.8) is 0 Å². The van der Waals surface area contributed by atoms with E-state index in [1.807, 2.05) is 13.8 Å². The fraction of sp³-hybridized carbons (Fsp3) is 0.529. The molecule has 0 radical (unpaired) electrons. The lowest BCUT2D eigenvalue weighted by Crippen LogP contribution is -2.44. The van der Waals surface area contributed by atoms with Crippen molar-refractivity contribution in [2.45, 2.75) is 70.9 Å². The van der Waals surface area contributed by atoms with Gasteiger partial charge in [-0.1, -0.05) is 74.5 Å². The highest BCUT2D eigenvalue weighted by Gasteiger charge is 2.41. The molecule has 5 rings (SSSR count). The first-order valence-electron chi connectivity index (χ1n) is 15.3. The van der Waals surface area contributed by atoms with Gasteiger partial charge in [-0.15, -0.1) is 0 Å². The summed E-state index contributed by atoms with van der Waals surface area (Å²) < 4.78 is 2.24. The van der Waals surface area contributed by atoms with E-state index in [0.29, 0.717) is 17.8 Å². The maximum Gasteiger partial charge on any atom is 0.321 e. The molecule has 3 aromatic rings. The molecule has 1 aromatic heterocycles. The van der Waals surface area contributed by atoms with Gasteiger partial charge < -0.3 is 10.0 Å². The quantitative estimate of drug-likeness (QED) is 0.337. The number of carboxylic acid groups (broad SMARTS) is 1. The first-order valence-corrected chi connectivity index (χ1v) is 15.3. The second kappa shape index (κ2) is 13.1. The minimum absolute atomic E-state index is 0.0860. The molecule has 2 saturated heterocycles. The van der Waals surface area contributed by atoms with E-state index >= 15 is 0 Å². The van der Waals surface area contributed by atoms with E-state index < -0.39 is 12.0 Å². The summed E-state index contributed by atoms with van der Waals surface area (Å²) in [7, 11) is 0. The van der Waals surface area contributed by atoms with Crippen molar-refractivity contribution in [2.24, 2.45) is 11.8 Å². The lowest BCUT2D eigenvalue weighted by atomic mass is 9.86. The molecule has 0 aliphatic carbocycles. The van der Waals surface area contributed by atoms with Crippen LogP contribution in [0, 0.1) is 11.8 Å². The van der Waals surface area contributed by atoms with Crippen molar-refractivity contribution < 1.29 is 9.90 Å². The van der Waals surface area contributed by atoms with Crippen molar-refractivity contribution in [1.29, 1.82) is 0 Å². The van der Waals surface area contributed by atoms with Crippen molar-refractivity contribution in [2.75, 3.05) is 32.7 Å². The van der Waals surface area contributed by atoms with E-state index in [9.17, 15) is 9.90 Å². The summed E-state index contributed by atoms with van der Waals surface area (Å²) in [6.07, 6.45) is 6.51. The molecule has 0 spiro atoms. The van der Waals surface area contributed by atoms with E-state index in [1.165, 1.54) is 22.4 Å². The van der Waals surface area contributed by atoms with Crippen molar-refractivity contribution in [3.05, 3.63) is 89.2 Å². The van der Waals surface area contributed by atoms with Gasteiger partial charge in [-0.05, 0) is 74.2 Å². The Bertz CT molecular complexity index is 1220. The van der Waals surface area contributed by atoms with Crippen LogP contribution in [0.2, 0.25) is 0 Å². The average molecular weight is 543 g/mol. The highest BCUT2D eigenvalue weighted by Crippen LogP contribution is 2.37. The molecule has 6 nitrogen and oxygen atoms in total. The van der Waals surface area contributed by atoms with Crippen molar-refractivity contribution >= 4 is 5.97 Å². The molecule has 2 aliphatic heterocycles. The largest absolute Gasteiger partial charge is 0.480 e. The van der Waals surface area contributed by atoms with Gasteiger partial charge in [0.05, 0.1) is 6.20 Å². The maximum atomic E-state index is 12.2. The fourth-order valence-corrected chi connectivity index (χ4v) is 7.25. The third kappa shape index (κ3) is 6.50. The van der Waals surface area contributed by atoms with Crippen LogP contribution in [0.25, 0.3) is 0 Å². The second-order valence-corrected chi connectivity index (χ2v) is 12.2. The summed E-state index contributed by atoms with van der Waals surface area (Å²) in [6.45, 7) is 12.0. The van der Waals surface area contributed by atoms with Crippen LogP contribution in [0.5, 0.6) is 0 Å². The van der Waals surface area contributed by atoms with E-state index in [2.05, 4.69) is 88.3 Å². The number of hydrogen-bond acceptors (Lipinski definition) is 4. The molecule has 2 aromatic carbocycles. The normalized spacial score (nSPS) is 21.7. The number of carboxylic acids is 1. The Morgan fingerprint density at radius 1 is 0.975 bits per heavy atom. The number of piperidine rings is 1. The Morgan fingerprint density at radius 3 is 2.27 bits per heavy atom. The number of benzene rings is 2. The van der Waals surface area contributed by atoms with E-state index in [0.717, 1.165) is 65.0 Å². The highest BCUT2D eigenvalue weighted by molar-refractivity contribution is 5.73. The monoisotopic (exact) mass is 542 g/mol. The summed E-state index contributed by atoms with van der Waals surface area (Å²) in [5, 5.41) is 14.8. The zero-order valence-corrected chi connectivity index (χ0v) is 24.5. The number of aliphatic carboxylic acids is 1. The number of hydrogen-bond donors (Lipinski definition) is 1. The summed E-state index contributed by atoms with van der Waals surface area (Å²) >= 11 is 0. The Morgan fingerprint density at radius 2 is 1.65 bits per heavy atom. The molecule has 2 aliphatic rings. The van der Waals surface area contributed by atoms with Crippen LogP contribution in [0.15, 0.2) is 66.9 Å². The molecule has 3 heterocycles. The number of aromatic nitrogens is 2. The number of nitrogens with zero attached hydrogens (tertiary/aromatic N) is 4. The molecule has 1 N–H and O–H groups in total. The minimum atomic E-state index is -0.695. The first kappa shape index (κ1) is 28.6. The zero-order valence-electron chi connectivity index (χ0n) is 24.5. The molecular weight excluding hydrogens is 496 g/mol. The van der Waals surface area contributed by atoms with Gasteiger partial charge in [0, 0.05) is 43.7 Å². The Kier molecular flexibility index (Phi) is 9.38. The number of aryl methyl sites for hydroxylation is 3. The summed E-state index contributed by atoms with van der Waals surface area (Å²) in [4.78, 5) is 17.0. The summed E-state index contributed by atoms with van der Waals surface area (Å²) in [6, 6.07) is 21.1. The topological polar surface area (TPSA) is 61.6 Å². The van der Waals surface area contributed by atoms with Crippen LogP contribution in [-0.2, 0) is 24.2 Å². The first-order chi connectivity index (χ1) is 19.4. The lowest BCUT2D eigenvalue weighted by Gasteiger charge is -2.35. The summed E-state index contributed by atoms with van der Waals surface area (Å²) in [5.41, 5.74) is 5.59. The highest BCUT2D eigenvalue weighted by atomic mass is 16.4. The SMILES string of the molecule is CCn1ncc(CCc2ccccc2)c1C1CCN(C[C@H]2CN([C@@H](C(=O)O)C(C)C)C[C@@H]2c2ccccc2)CC1. The third-order valence-electron chi connectivity index (χ3n) is 9.23. The van der Waals surface area contributed by atoms with Gasteiger partial charge in [0.15, 0.2) is 0 Å². The van der Waals surface area contributed by atoms with E-state index in [-0.39, 0.29) is 5.92 Å². The van der Waals surface area contributed by atoms with Crippen LogP contribution in [0.1, 0.15) is 67.8 Å². The van der Waals surface area contributed by atoms with Gasteiger partial charge in [-0.2, -0.15) is 5.10 Å². The smallest absolute Gasteiger partial charge is 0.321 e. The molecule has 0 amide bonds. The fourth-order valence-electron chi connectivity index (χ4n) is 7.25. The molecule has 6 heteroatoms. The molecule has 40 heavy (non-hydrogen) atoms. The number of rotatable bonds is 11. The molecule has 0 bridgehead atoms. The number of likely N-dealkylation sites (tertiary alicyclic amines) is 2. The molecule has 0 unspecified atom stereocenters. The Hall–Kier alpha value is -2.96. The second-order valence-electron chi connectivity index (χ2n) is 12.2. The van der Waals surface area contributed by atoms with Crippen molar-refractivity contribution in [1.82, 2.24) is 19.6 Å². The van der Waals surface area contributed by atoms with Gasteiger partial charge in [-0.3, -0.25) is 14.4 Å². The Labute approximate surface area is 240 Å². The minimum Gasteiger partial charge on any atom is -0.480 e. The van der Waals surface area contributed by atoms with Crippen LogP contribution >= 0.6 is 0 Å². The van der Waals surface area contributed by atoms with Gasteiger partial charge in [0.2, 0.25) is 0 Å². The average Bonchev–Trinajstić information content (AvgIpc) is 3.57. The molecule has 0 saturated carbocycles. The van der Waals surface area contributed by atoms with Crippen LogP contribution in [-0.4, -0.2) is 69.4 Å². The standard InChI is InChI=1S/C34H46N4O2/c1-4-38-33(29(21-35-38)16-15-26-11-7-5-8-12-26)28-17-19-36(20-18-28)22-30-23-37(32(25(2)3)34(39)40)24-31(30)27-13-9-6-10-14-27/h5-14,21,25,28,30-32H,4,15-20,22-24H2,1-3H3,(H,39,40)/t30-,31+,32+/m0/s1.